The summed E-state index contributed by atoms with van der Waals surface area (Å²) in [5.74, 6) is -1.94. The third-order valence-corrected chi connectivity index (χ3v) is 5.66. The van der Waals surface area contributed by atoms with Gasteiger partial charge in [-0.3, -0.25) is 4.79 Å². The van der Waals surface area contributed by atoms with Crippen molar-refractivity contribution >= 4 is 18.0 Å². The van der Waals surface area contributed by atoms with Gasteiger partial charge in [0.25, 0.3) is 0 Å². The van der Waals surface area contributed by atoms with Crippen LogP contribution in [0.15, 0.2) is 48.5 Å². The molecule has 0 bridgehead atoms. The van der Waals surface area contributed by atoms with E-state index < -0.39 is 29.6 Å². The lowest BCUT2D eigenvalue weighted by molar-refractivity contribution is -0.182. The fourth-order valence-electron chi connectivity index (χ4n) is 4.03. The van der Waals surface area contributed by atoms with E-state index >= 15 is 0 Å². The molecule has 3 N–H and O–H groups in total. The van der Waals surface area contributed by atoms with E-state index in [2.05, 4.69) is 5.32 Å². The molecule has 156 valence electrons. The molecule has 0 spiro atoms. The van der Waals surface area contributed by atoms with Crippen LogP contribution in [0.25, 0.3) is 11.1 Å². The minimum Gasteiger partial charge on any atom is -0.479 e. The first kappa shape index (κ1) is 19.9. The summed E-state index contributed by atoms with van der Waals surface area (Å²) in [6.45, 7) is 1.00. The van der Waals surface area contributed by atoms with Gasteiger partial charge in [0.1, 0.15) is 12.6 Å². The number of likely N-dealkylation sites (tertiary alicyclic amines) is 1. The highest BCUT2D eigenvalue weighted by atomic mass is 16.5. The Morgan fingerprint density at radius 3 is 2.17 bits per heavy atom. The Labute approximate surface area is 173 Å². The van der Waals surface area contributed by atoms with E-state index in [1.807, 2.05) is 48.5 Å². The van der Waals surface area contributed by atoms with E-state index in [4.69, 9.17) is 9.84 Å². The van der Waals surface area contributed by atoms with Crippen molar-refractivity contribution in [1.29, 1.82) is 0 Å². The molecule has 1 aliphatic heterocycles. The zero-order chi connectivity index (χ0) is 21.5. The molecule has 8 heteroatoms. The number of aliphatic hydroxyl groups is 1. The fraction of sp³-hybridized carbons (Fsp3) is 0.318. The van der Waals surface area contributed by atoms with Crippen LogP contribution in [0.1, 0.15) is 24.0 Å². The SMILES string of the molecule is CC(NC(=O)OCC1c2ccccc2-c2ccccc21)C(=O)N1CC(O)(C(=O)O)C1. The molecule has 2 amide bonds. The van der Waals surface area contributed by atoms with Gasteiger partial charge in [-0.05, 0) is 29.2 Å². The van der Waals surface area contributed by atoms with Crippen molar-refractivity contribution in [2.75, 3.05) is 19.7 Å². The number of hydrogen-bond donors (Lipinski definition) is 3. The summed E-state index contributed by atoms with van der Waals surface area (Å²) in [5.41, 5.74) is 2.50. The Morgan fingerprint density at radius 2 is 1.63 bits per heavy atom. The van der Waals surface area contributed by atoms with Crippen molar-refractivity contribution in [2.24, 2.45) is 0 Å². The van der Waals surface area contributed by atoms with Crippen LogP contribution >= 0.6 is 0 Å². The zero-order valence-corrected chi connectivity index (χ0v) is 16.4. The van der Waals surface area contributed by atoms with Crippen LogP contribution in [0.5, 0.6) is 0 Å². The lowest BCUT2D eigenvalue weighted by Gasteiger charge is -2.44. The molecule has 1 aliphatic carbocycles. The molecule has 1 atom stereocenters. The number of carboxylic acid groups (broad SMARTS) is 1. The summed E-state index contributed by atoms with van der Waals surface area (Å²) < 4.78 is 5.41. The molecule has 1 fully saturated rings. The Kier molecular flexibility index (Phi) is 4.95. The Hall–Kier alpha value is -3.39. The Bertz CT molecular complexity index is 969. The van der Waals surface area contributed by atoms with Crippen molar-refractivity contribution in [3.8, 4) is 11.1 Å². The van der Waals surface area contributed by atoms with Gasteiger partial charge in [0.05, 0.1) is 13.1 Å². The standard InChI is InChI=1S/C22H22N2O6/c1-13(19(25)24-11-22(29,12-24)20(26)27)23-21(28)30-10-18-16-8-4-2-6-14(16)15-7-3-5-9-17(15)18/h2-9,13,18,29H,10-12H2,1H3,(H,23,28)(H,26,27). The van der Waals surface area contributed by atoms with E-state index in [1.54, 1.807) is 0 Å². The minimum absolute atomic E-state index is 0.0879. The van der Waals surface area contributed by atoms with Crippen LogP contribution in [0, 0.1) is 0 Å². The number of ether oxygens (including phenoxy) is 1. The number of carbonyl (C=O) groups is 3. The summed E-state index contributed by atoms with van der Waals surface area (Å²) in [6.07, 6.45) is -0.730. The third kappa shape index (κ3) is 3.39. The predicted octanol–water partition coefficient (Wildman–Crippen LogP) is 1.57. The number of nitrogens with zero attached hydrogens (tertiary/aromatic N) is 1. The molecule has 0 radical (unpaired) electrons. The van der Waals surface area contributed by atoms with E-state index in [1.165, 1.54) is 11.8 Å². The highest BCUT2D eigenvalue weighted by molar-refractivity contribution is 5.89. The number of carbonyl (C=O) groups excluding carboxylic acids is 2. The number of nitrogens with one attached hydrogen (secondary N) is 1. The quantitative estimate of drug-likeness (QED) is 0.689. The fourth-order valence-corrected chi connectivity index (χ4v) is 4.03. The predicted molar refractivity (Wildman–Crippen MR) is 107 cm³/mol. The van der Waals surface area contributed by atoms with E-state index in [-0.39, 0.29) is 25.6 Å². The number of β-amino-alcohol motifs (C(OH)–C–C–N with tert-alkyl or cyclic N) is 1. The van der Waals surface area contributed by atoms with Crippen LogP contribution in [0.2, 0.25) is 0 Å². The molecule has 2 aromatic carbocycles. The second-order valence-electron chi connectivity index (χ2n) is 7.72. The molecule has 1 heterocycles. The number of carboxylic acids is 1. The molecule has 2 aromatic rings. The Morgan fingerprint density at radius 1 is 1.10 bits per heavy atom. The molecule has 0 saturated carbocycles. The van der Waals surface area contributed by atoms with Gasteiger partial charge in [-0.15, -0.1) is 0 Å². The van der Waals surface area contributed by atoms with Gasteiger partial charge in [0.2, 0.25) is 5.91 Å². The van der Waals surface area contributed by atoms with Crippen LogP contribution in [0.3, 0.4) is 0 Å². The maximum absolute atomic E-state index is 12.3. The summed E-state index contributed by atoms with van der Waals surface area (Å²) in [5, 5.41) is 21.1. The summed E-state index contributed by atoms with van der Waals surface area (Å²) in [6, 6.07) is 15.1. The van der Waals surface area contributed by atoms with Crippen LogP contribution < -0.4 is 5.32 Å². The number of alkyl carbamates (subject to hydrolysis) is 1. The average Bonchev–Trinajstić information content (AvgIpc) is 3.03. The van der Waals surface area contributed by atoms with Gasteiger partial charge >= 0.3 is 12.1 Å². The molecule has 8 nitrogen and oxygen atoms in total. The van der Waals surface area contributed by atoms with Crippen LogP contribution in [-0.4, -0.2) is 64.4 Å². The van der Waals surface area contributed by atoms with E-state index in [0.717, 1.165) is 22.3 Å². The number of rotatable bonds is 5. The number of amides is 2. The molecule has 4 rings (SSSR count). The largest absolute Gasteiger partial charge is 0.479 e. The molecule has 1 unspecified atom stereocenters. The average molecular weight is 410 g/mol. The van der Waals surface area contributed by atoms with Gasteiger partial charge < -0.3 is 25.2 Å². The minimum atomic E-state index is -1.92. The smallest absolute Gasteiger partial charge is 0.407 e. The summed E-state index contributed by atoms with van der Waals surface area (Å²) >= 11 is 0. The third-order valence-electron chi connectivity index (χ3n) is 5.66. The number of aliphatic carboxylic acids is 1. The van der Waals surface area contributed by atoms with Crippen molar-refractivity contribution in [3.05, 3.63) is 59.7 Å². The number of benzene rings is 2. The van der Waals surface area contributed by atoms with Gasteiger partial charge in [-0.2, -0.15) is 0 Å². The monoisotopic (exact) mass is 410 g/mol. The topological polar surface area (TPSA) is 116 Å². The second kappa shape index (κ2) is 7.46. The normalized spacial score (nSPS) is 17.3. The van der Waals surface area contributed by atoms with E-state index in [0.29, 0.717) is 0 Å². The first-order valence-corrected chi connectivity index (χ1v) is 9.66. The molecule has 30 heavy (non-hydrogen) atoms. The lowest BCUT2D eigenvalue weighted by Crippen LogP contribution is -2.69. The maximum atomic E-state index is 12.3. The van der Waals surface area contributed by atoms with Gasteiger partial charge in [0, 0.05) is 5.92 Å². The van der Waals surface area contributed by atoms with Gasteiger partial charge in [-0.1, -0.05) is 48.5 Å². The van der Waals surface area contributed by atoms with E-state index in [9.17, 15) is 19.5 Å². The van der Waals surface area contributed by atoms with Crippen molar-refractivity contribution in [2.45, 2.75) is 24.5 Å². The number of hydrogen-bond acceptors (Lipinski definition) is 5. The zero-order valence-electron chi connectivity index (χ0n) is 16.4. The van der Waals surface area contributed by atoms with Gasteiger partial charge in [0.15, 0.2) is 5.60 Å². The molecular weight excluding hydrogens is 388 g/mol. The maximum Gasteiger partial charge on any atom is 0.407 e. The van der Waals surface area contributed by atoms with Crippen molar-refractivity contribution in [3.63, 3.8) is 0 Å². The van der Waals surface area contributed by atoms with Gasteiger partial charge in [-0.25, -0.2) is 9.59 Å². The van der Waals surface area contributed by atoms with Crippen LogP contribution in [-0.2, 0) is 14.3 Å². The second-order valence-corrected chi connectivity index (χ2v) is 7.72. The summed E-state index contributed by atoms with van der Waals surface area (Å²) in [7, 11) is 0. The lowest BCUT2D eigenvalue weighted by atomic mass is 9.94. The molecule has 1 saturated heterocycles. The highest BCUT2D eigenvalue weighted by Crippen LogP contribution is 2.44. The molecular formula is C22H22N2O6. The first-order valence-electron chi connectivity index (χ1n) is 9.66. The van der Waals surface area contributed by atoms with Crippen molar-refractivity contribution < 1.29 is 29.3 Å². The molecule has 0 aromatic heterocycles. The Balaban J connectivity index is 1.34. The summed E-state index contributed by atoms with van der Waals surface area (Å²) in [4.78, 5) is 36.7. The first-order chi connectivity index (χ1) is 14.3. The number of fused-ring (bicyclic) bond motifs is 3. The highest BCUT2D eigenvalue weighted by Gasteiger charge is 2.50. The van der Waals surface area contributed by atoms with Crippen LogP contribution in [0.4, 0.5) is 4.79 Å². The molecule has 2 aliphatic rings. The van der Waals surface area contributed by atoms with Crippen molar-refractivity contribution in [1.82, 2.24) is 10.2 Å².